The number of anilines is 1. The highest BCUT2D eigenvalue weighted by Crippen LogP contribution is 2.24. The number of hydrogen-bond acceptors (Lipinski definition) is 4. The van der Waals surface area contributed by atoms with E-state index in [1.807, 2.05) is 55.5 Å². The fraction of sp³-hybridized carbons (Fsp3) is 0.481. The van der Waals surface area contributed by atoms with Crippen LogP contribution in [0.25, 0.3) is 0 Å². The topological polar surface area (TPSA) is 61.9 Å². The van der Waals surface area contributed by atoms with Gasteiger partial charge in [-0.1, -0.05) is 30.5 Å². The van der Waals surface area contributed by atoms with E-state index in [2.05, 4.69) is 15.1 Å². The van der Waals surface area contributed by atoms with Gasteiger partial charge in [-0.2, -0.15) is 0 Å². The van der Waals surface area contributed by atoms with Crippen LogP contribution in [0.3, 0.4) is 0 Å². The smallest absolute Gasteiger partial charge is 0.238 e. The third kappa shape index (κ3) is 6.81. The molecule has 0 unspecified atom stereocenters. The first-order valence-corrected chi connectivity index (χ1v) is 12.2. The summed E-state index contributed by atoms with van der Waals surface area (Å²) < 4.78 is 5.84. The second kappa shape index (κ2) is 11.3. The van der Waals surface area contributed by atoms with Crippen molar-refractivity contribution in [3.8, 4) is 11.5 Å². The summed E-state index contributed by atoms with van der Waals surface area (Å²) in [5.74, 6) is 1.93. The van der Waals surface area contributed by atoms with Gasteiger partial charge in [0.1, 0.15) is 11.5 Å². The first kappa shape index (κ1) is 23.3. The number of carbonyl (C=O) groups excluding carboxylic acids is 2. The molecule has 2 fully saturated rings. The molecule has 0 radical (unpaired) electrons. The number of nitrogens with zero attached hydrogens (tertiary/aromatic N) is 2. The van der Waals surface area contributed by atoms with E-state index >= 15 is 0 Å². The number of nitrogens with one attached hydrogen (secondary N) is 1. The van der Waals surface area contributed by atoms with Crippen molar-refractivity contribution in [2.75, 3.05) is 38.0 Å². The first-order chi connectivity index (χ1) is 16.1. The number of piperidine rings is 1. The van der Waals surface area contributed by atoms with E-state index in [1.54, 1.807) is 0 Å². The minimum absolute atomic E-state index is 0.0282. The number of carbonyl (C=O) groups is 2. The molecule has 1 N–H and O–H groups in total. The molecule has 0 saturated carbocycles. The summed E-state index contributed by atoms with van der Waals surface area (Å²) in [6.07, 6.45) is 6.41. The summed E-state index contributed by atoms with van der Waals surface area (Å²) >= 11 is 0. The standard InChI is InChI=1S/C27H35N3O3/c1-21-6-10-24(11-7-21)33-25-12-8-23(9-13-25)28-26(31)20-29-18-14-22(15-19-29)27(32)30-16-4-2-3-5-17-30/h6-13,22H,2-5,14-20H2,1H3,(H,28,31). The van der Waals surface area contributed by atoms with Crippen LogP contribution in [0.2, 0.25) is 0 Å². The average molecular weight is 450 g/mol. The summed E-state index contributed by atoms with van der Waals surface area (Å²) in [6.45, 7) is 5.81. The van der Waals surface area contributed by atoms with Gasteiger partial charge in [0, 0.05) is 24.7 Å². The molecule has 2 amide bonds. The van der Waals surface area contributed by atoms with E-state index in [0.29, 0.717) is 12.5 Å². The van der Waals surface area contributed by atoms with E-state index in [0.717, 1.165) is 69.0 Å². The number of amides is 2. The predicted molar refractivity (Wildman–Crippen MR) is 131 cm³/mol. The van der Waals surface area contributed by atoms with Gasteiger partial charge in [0.2, 0.25) is 11.8 Å². The van der Waals surface area contributed by atoms with Crippen LogP contribution in [-0.2, 0) is 9.59 Å². The maximum atomic E-state index is 12.9. The van der Waals surface area contributed by atoms with Gasteiger partial charge in [-0.05, 0) is 82.1 Å². The van der Waals surface area contributed by atoms with Crippen LogP contribution in [0.1, 0.15) is 44.1 Å². The molecule has 0 bridgehead atoms. The summed E-state index contributed by atoms with van der Waals surface area (Å²) in [7, 11) is 0. The lowest BCUT2D eigenvalue weighted by atomic mass is 9.95. The van der Waals surface area contributed by atoms with E-state index in [-0.39, 0.29) is 11.8 Å². The molecular formula is C27H35N3O3. The Balaban J connectivity index is 1.20. The largest absolute Gasteiger partial charge is 0.457 e. The summed E-state index contributed by atoms with van der Waals surface area (Å²) in [6, 6.07) is 15.3. The van der Waals surface area contributed by atoms with E-state index in [4.69, 9.17) is 4.74 Å². The van der Waals surface area contributed by atoms with Crippen molar-refractivity contribution in [1.29, 1.82) is 0 Å². The van der Waals surface area contributed by atoms with Gasteiger partial charge < -0.3 is 15.0 Å². The lowest BCUT2D eigenvalue weighted by Crippen LogP contribution is -2.44. The molecule has 4 rings (SSSR count). The number of rotatable bonds is 6. The lowest BCUT2D eigenvalue weighted by Gasteiger charge is -2.33. The van der Waals surface area contributed by atoms with E-state index < -0.39 is 0 Å². The molecule has 6 heteroatoms. The van der Waals surface area contributed by atoms with Crippen molar-refractivity contribution in [2.45, 2.75) is 45.4 Å². The van der Waals surface area contributed by atoms with Crippen molar-refractivity contribution < 1.29 is 14.3 Å². The van der Waals surface area contributed by atoms with E-state index in [9.17, 15) is 9.59 Å². The molecule has 33 heavy (non-hydrogen) atoms. The highest BCUT2D eigenvalue weighted by atomic mass is 16.5. The van der Waals surface area contributed by atoms with Gasteiger partial charge in [-0.15, -0.1) is 0 Å². The molecule has 0 atom stereocenters. The Kier molecular flexibility index (Phi) is 8.00. The monoisotopic (exact) mass is 449 g/mol. The maximum absolute atomic E-state index is 12.9. The molecular weight excluding hydrogens is 414 g/mol. The Morgan fingerprint density at radius 2 is 1.42 bits per heavy atom. The molecule has 2 aromatic carbocycles. The van der Waals surface area contributed by atoms with Crippen LogP contribution in [0.15, 0.2) is 48.5 Å². The fourth-order valence-corrected chi connectivity index (χ4v) is 4.64. The normalized spacial score (nSPS) is 17.9. The Labute approximate surface area is 196 Å². The van der Waals surface area contributed by atoms with Crippen LogP contribution < -0.4 is 10.1 Å². The highest BCUT2D eigenvalue weighted by Gasteiger charge is 2.29. The molecule has 0 aromatic heterocycles. The first-order valence-electron chi connectivity index (χ1n) is 12.2. The second-order valence-corrected chi connectivity index (χ2v) is 9.28. The third-order valence-corrected chi connectivity index (χ3v) is 6.62. The van der Waals surface area contributed by atoms with Gasteiger partial charge in [-0.25, -0.2) is 0 Å². The maximum Gasteiger partial charge on any atom is 0.238 e. The summed E-state index contributed by atoms with van der Waals surface area (Å²) in [5, 5.41) is 2.97. The average Bonchev–Trinajstić information content (AvgIpc) is 3.11. The quantitative estimate of drug-likeness (QED) is 0.685. The van der Waals surface area contributed by atoms with Gasteiger partial charge in [-0.3, -0.25) is 14.5 Å². The minimum atomic E-state index is -0.0282. The number of ether oxygens (including phenoxy) is 1. The van der Waals surface area contributed by atoms with Crippen molar-refractivity contribution in [1.82, 2.24) is 9.80 Å². The van der Waals surface area contributed by atoms with Crippen molar-refractivity contribution in [2.24, 2.45) is 5.92 Å². The van der Waals surface area contributed by atoms with Crippen LogP contribution in [0.5, 0.6) is 11.5 Å². The van der Waals surface area contributed by atoms with Crippen molar-refractivity contribution in [3.05, 3.63) is 54.1 Å². The number of benzene rings is 2. The zero-order valence-electron chi connectivity index (χ0n) is 19.6. The van der Waals surface area contributed by atoms with E-state index in [1.165, 1.54) is 18.4 Å². The molecule has 176 valence electrons. The number of aryl methyl sites for hydroxylation is 1. The fourth-order valence-electron chi connectivity index (χ4n) is 4.64. The van der Waals surface area contributed by atoms with Crippen molar-refractivity contribution in [3.63, 3.8) is 0 Å². The summed E-state index contributed by atoms with van der Waals surface area (Å²) in [4.78, 5) is 29.6. The SMILES string of the molecule is Cc1ccc(Oc2ccc(NC(=O)CN3CCC(C(=O)N4CCCCCC4)CC3)cc2)cc1. The zero-order chi connectivity index (χ0) is 23.0. The molecule has 0 aliphatic carbocycles. The molecule has 0 spiro atoms. The zero-order valence-corrected chi connectivity index (χ0v) is 19.6. The second-order valence-electron chi connectivity index (χ2n) is 9.28. The Bertz CT molecular complexity index is 911. The minimum Gasteiger partial charge on any atom is -0.457 e. The Morgan fingerprint density at radius 1 is 0.848 bits per heavy atom. The van der Waals surface area contributed by atoms with Crippen LogP contribution in [0, 0.1) is 12.8 Å². The molecule has 2 aliphatic heterocycles. The molecule has 2 saturated heterocycles. The van der Waals surface area contributed by atoms with Crippen LogP contribution >= 0.6 is 0 Å². The molecule has 2 aliphatic rings. The molecule has 2 aromatic rings. The molecule has 6 nitrogen and oxygen atoms in total. The number of hydrogen-bond donors (Lipinski definition) is 1. The van der Waals surface area contributed by atoms with Gasteiger partial charge in [0.25, 0.3) is 0 Å². The van der Waals surface area contributed by atoms with Crippen LogP contribution in [0.4, 0.5) is 5.69 Å². The Morgan fingerprint density at radius 3 is 2.03 bits per heavy atom. The molecule has 2 heterocycles. The van der Waals surface area contributed by atoms with Gasteiger partial charge >= 0.3 is 0 Å². The third-order valence-electron chi connectivity index (χ3n) is 6.62. The highest BCUT2D eigenvalue weighted by molar-refractivity contribution is 5.92. The predicted octanol–water partition coefficient (Wildman–Crippen LogP) is 4.84. The summed E-state index contributed by atoms with van der Waals surface area (Å²) in [5.41, 5.74) is 1.94. The van der Waals surface area contributed by atoms with Crippen molar-refractivity contribution >= 4 is 17.5 Å². The lowest BCUT2D eigenvalue weighted by molar-refractivity contribution is -0.137. The number of likely N-dealkylation sites (tertiary alicyclic amines) is 2. The Hall–Kier alpha value is -2.86. The van der Waals surface area contributed by atoms with Gasteiger partial charge in [0.05, 0.1) is 6.54 Å². The van der Waals surface area contributed by atoms with Gasteiger partial charge in [0.15, 0.2) is 0 Å². The van der Waals surface area contributed by atoms with Crippen LogP contribution in [-0.4, -0.2) is 54.3 Å².